The van der Waals surface area contributed by atoms with Crippen LogP contribution in [0.4, 0.5) is 0 Å². The van der Waals surface area contributed by atoms with Crippen LogP contribution in [0.3, 0.4) is 0 Å². The van der Waals surface area contributed by atoms with Gasteiger partial charge in [0.2, 0.25) is 5.91 Å². The molecule has 2 heterocycles. The first kappa shape index (κ1) is 14.7. The van der Waals surface area contributed by atoms with Crippen molar-refractivity contribution in [1.29, 1.82) is 0 Å². The molecule has 2 saturated carbocycles. The molecule has 3 fully saturated rings. The Labute approximate surface area is 135 Å². The molecule has 120 valence electrons. The average Bonchev–Trinajstić information content (AvgIpc) is 3.23. The number of carbonyl (C=O) groups is 1. The van der Waals surface area contributed by atoms with Crippen molar-refractivity contribution in [3.8, 4) is 0 Å². The van der Waals surface area contributed by atoms with Crippen LogP contribution >= 0.6 is 11.3 Å². The van der Waals surface area contributed by atoms with E-state index in [0.29, 0.717) is 24.9 Å². The van der Waals surface area contributed by atoms with Crippen molar-refractivity contribution in [1.82, 2.24) is 4.90 Å². The van der Waals surface area contributed by atoms with Crippen molar-refractivity contribution in [2.45, 2.75) is 44.4 Å². The van der Waals surface area contributed by atoms with Crippen molar-refractivity contribution in [2.24, 2.45) is 23.5 Å². The van der Waals surface area contributed by atoms with E-state index in [1.807, 2.05) is 4.90 Å². The van der Waals surface area contributed by atoms with Crippen LogP contribution in [0.5, 0.6) is 0 Å². The van der Waals surface area contributed by atoms with Gasteiger partial charge < -0.3 is 15.4 Å². The predicted octanol–water partition coefficient (Wildman–Crippen LogP) is 2.41. The molecule has 22 heavy (non-hydrogen) atoms. The summed E-state index contributed by atoms with van der Waals surface area (Å²) in [6.45, 7) is 3.42. The summed E-state index contributed by atoms with van der Waals surface area (Å²) in [6.07, 6.45) is 3.65. The minimum absolute atomic E-state index is 0.00812. The van der Waals surface area contributed by atoms with Gasteiger partial charge >= 0.3 is 0 Å². The first-order chi connectivity index (χ1) is 10.6. The number of fused-ring (bicyclic) bond motifs is 2. The van der Waals surface area contributed by atoms with Crippen molar-refractivity contribution >= 4 is 17.2 Å². The topological polar surface area (TPSA) is 55.6 Å². The van der Waals surface area contributed by atoms with Gasteiger partial charge in [-0.2, -0.15) is 11.3 Å². The van der Waals surface area contributed by atoms with Crippen LogP contribution < -0.4 is 5.73 Å². The van der Waals surface area contributed by atoms with E-state index >= 15 is 0 Å². The molecule has 1 amide bonds. The number of nitrogens with two attached hydrogens (primary N) is 1. The van der Waals surface area contributed by atoms with Gasteiger partial charge in [0.25, 0.3) is 0 Å². The molecule has 2 aliphatic carbocycles. The fourth-order valence-corrected chi connectivity index (χ4v) is 5.39. The van der Waals surface area contributed by atoms with E-state index < -0.39 is 0 Å². The summed E-state index contributed by atoms with van der Waals surface area (Å²) in [7, 11) is 0. The van der Waals surface area contributed by atoms with Gasteiger partial charge in [-0.15, -0.1) is 0 Å². The molecule has 1 saturated heterocycles. The Morgan fingerprint density at radius 3 is 2.86 bits per heavy atom. The number of hydrogen-bond donors (Lipinski definition) is 1. The molecular weight excluding hydrogens is 296 g/mol. The Morgan fingerprint density at radius 1 is 1.36 bits per heavy atom. The molecule has 6 atom stereocenters. The summed E-state index contributed by atoms with van der Waals surface area (Å²) in [6, 6.07) is 2.17. The summed E-state index contributed by atoms with van der Waals surface area (Å²) in [5.74, 6) is 1.41. The lowest BCUT2D eigenvalue weighted by atomic mass is 9.83. The second kappa shape index (κ2) is 5.62. The van der Waals surface area contributed by atoms with Gasteiger partial charge in [0.1, 0.15) is 6.10 Å². The van der Waals surface area contributed by atoms with E-state index in [-0.39, 0.29) is 30.1 Å². The third-order valence-corrected chi connectivity index (χ3v) is 6.45. The number of nitrogens with zero attached hydrogens (tertiary/aromatic N) is 1. The molecule has 1 aromatic rings. The third-order valence-electron chi connectivity index (χ3n) is 5.75. The normalized spacial score (nSPS) is 41.1. The van der Waals surface area contributed by atoms with E-state index in [4.69, 9.17) is 10.5 Å². The highest BCUT2D eigenvalue weighted by molar-refractivity contribution is 7.07. The van der Waals surface area contributed by atoms with Crippen LogP contribution in [0.1, 0.15) is 37.9 Å². The van der Waals surface area contributed by atoms with E-state index in [0.717, 1.165) is 6.42 Å². The average molecular weight is 320 g/mol. The zero-order chi connectivity index (χ0) is 15.3. The number of ether oxygens (including phenoxy) is 1. The third kappa shape index (κ3) is 2.39. The Kier molecular flexibility index (Phi) is 3.75. The van der Waals surface area contributed by atoms with Gasteiger partial charge in [-0.3, -0.25) is 4.79 Å². The van der Waals surface area contributed by atoms with Gasteiger partial charge in [-0.05, 0) is 60.4 Å². The summed E-state index contributed by atoms with van der Waals surface area (Å²) < 4.78 is 6.04. The van der Waals surface area contributed by atoms with Crippen molar-refractivity contribution in [3.05, 3.63) is 22.4 Å². The lowest BCUT2D eigenvalue weighted by Gasteiger charge is -2.40. The molecule has 0 aromatic carbocycles. The largest absolute Gasteiger partial charge is 0.367 e. The number of rotatable bonds is 2. The number of amides is 1. The van der Waals surface area contributed by atoms with Crippen molar-refractivity contribution in [2.75, 3.05) is 13.1 Å². The smallest absolute Gasteiger partial charge is 0.227 e. The maximum atomic E-state index is 13.1. The molecule has 1 aliphatic heterocycles. The predicted molar refractivity (Wildman–Crippen MR) is 86.5 cm³/mol. The van der Waals surface area contributed by atoms with E-state index in [1.165, 1.54) is 18.4 Å². The molecule has 4 rings (SSSR count). The zero-order valence-electron chi connectivity index (χ0n) is 13.0. The molecule has 3 aliphatic rings. The lowest BCUT2D eigenvalue weighted by Crippen LogP contribution is -2.52. The lowest BCUT2D eigenvalue weighted by molar-refractivity contribution is -0.151. The molecule has 2 bridgehead atoms. The highest BCUT2D eigenvalue weighted by atomic mass is 32.1. The number of thiophene rings is 1. The minimum Gasteiger partial charge on any atom is -0.367 e. The zero-order valence-corrected chi connectivity index (χ0v) is 13.8. The van der Waals surface area contributed by atoms with Crippen LogP contribution in [-0.4, -0.2) is 36.0 Å². The van der Waals surface area contributed by atoms with E-state index in [9.17, 15) is 4.79 Å². The van der Waals surface area contributed by atoms with Crippen LogP contribution in [0.25, 0.3) is 0 Å². The van der Waals surface area contributed by atoms with E-state index in [1.54, 1.807) is 11.3 Å². The quantitative estimate of drug-likeness (QED) is 0.910. The van der Waals surface area contributed by atoms with Crippen LogP contribution in [-0.2, 0) is 9.53 Å². The van der Waals surface area contributed by atoms with Gasteiger partial charge in [0.05, 0.1) is 18.6 Å². The SMILES string of the molecule is CC1CN(C(=O)C2C3CCC(C3)C2N)CC(c2ccsc2)O1. The molecule has 2 N–H and O–H groups in total. The molecule has 1 aromatic heterocycles. The minimum atomic E-state index is 0.00812. The van der Waals surface area contributed by atoms with Crippen molar-refractivity contribution in [3.63, 3.8) is 0 Å². The Morgan fingerprint density at radius 2 is 2.18 bits per heavy atom. The van der Waals surface area contributed by atoms with Gasteiger partial charge in [-0.1, -0.05) is 0 Å². The molecule has 5 heteroatoms. The Balaban J connectivity index is 1.50. The first-order valence-corrected chi connectivity index (χ1v) is 9.29. The summed E-state index contributed by atoms with van der Waals surface area (Å²) in [4.78, 5) is 15.1. The summed E-state index contributed by atoms with van der Waals surface area (Å²) in [5.41, 5.74) is 7.55. The highest BCUT2D eigenvalue weighted by Crippen LogP contribution is 2.48. The fraction of sp³-hybridized carbons (Fsp3) is 0.706. The van der Waals surface area contributed by atoms with Crippen LogP contribution in [0.15, 0.2) is 16.8 Å². The second-order valence-electron chi connectivity index (χ2n) is 7.17. The van der Waals surface area contributed by atoms with Gasteiger partial charge in [0.15, 0.2) is 0 Å². The number of carbonyl (C=O) groups excluding carboxylic acids is 1. The monoisotopic (exact) mass is 320 g/mol. The molecule has 0 radical (unpaired) electrons. The Hall–Kier alpha value is -0.910. The van der Waals surface area contributed by atoms with Crippen LogP contribution in [0.2, 0.25) is 0 Å². The number of morpholine rings is 1. The van der Waals surface area contributed by atoms with Gasteiger partial charge in [-0.25, -0.2) is 0 Å². The standard InChI is InChI=1S/C17H24N2O2S/c1-10-7-19(8-14(21-10)13-4-5-22-9-13)17(20)15-11-2-3-12(6-11)16(15)18/h4-5,9-12,14-16H,2-3,6-8,18H2,1H3. The highest BCUT2D eigenvalue weighted by Gasteiger charge is 2.50. The first-order valence-electron chi connectivity index (χ1n) is 8.35. The summed E-state index contributed by atoms with van der Waals surface area (Å²) >= 11 is 1.68. The van der Waals surface area contributed by atoms with E-state index in [2.05, 4.69) is 23.8 Å². The molecule has 4 nitrogen and oxygen atoms in total. The Bertz CT molecular complexity index is 545. The molecule has 6 unspecified atom stereocenters. The maximum absolute atomic E-state index is 13.1. The van der Waals surface area contributed by atoms with Gasteiger partial charge in [0, 0.05) is 12.6 Å². The van der Waals surface area contributed by atoms with Crippen LogP contribution in [0, 0.1) is 17.8 Å². The fourth-order valence-electron chi connectivity index (χ4n) is 4.69. The van der Waals surface area contributed by atoms with Crippen molar-refractivity contribution < 1.29 is 9.53 Å². The molecular formula is C17H24N2O2S. The number of hydrogen-bond acceptors (Lipinski definition) is 4. The molecule has 0 spiro atoms. The maximum Gasteiger partial charge on any atom is 0.227 e. The summed E-state index contributed by atoms with van der Waals surface area (Å²) in [5, 5.41) is 4.19. The second-order valence-corrected chi connectivity index (χ2v) is 7.95.